The summed E-state index contributed by atoms with van der Waals surface area (Å²) < 4.78 is 44.3. The minimum absolute atomic E-state index is 0.0000719. The number of esters is 2. The summed E-state index contributed by atoms with van der Waals surface area (Å²) in [6.07, 6.45) is -6.48. The Balaban J connectivity index is 1.51. The van der Waals surface area contributed by atoms with Crippen molar-refractivity contribution in [3.05, 3.63) is 144 Å². The largest absolute Gasteiger partial charge is 0.456 e. The fourth-order valence-corrected chi connectivity index (χ4v) is 5.80. The van der Waals surface area contributed by atoms with Crippen molar-refractivity contribution in [1.82, 2.24) is 0 Å². The third-order valence-electron chi connectivity index (χ3n) is 8.40. The molecule has 0 unspecified atom stereocenters. The van der Waals surface area contributed by atoms with Crippen LogP contribution < -0.4 is 0 Å². The SMILES string of the molecule is CC(=O)CCC(=O)O[C@H]1[C@H](OCc2ccccc2)[C@@H]([C@H](COCc2ccccc2)OCc2ccccc2)O[C@H](OC(C)=O)[C@H]1OCc1ccccc1. The monoisotopic (exact) mass is 710 g/mol. The number of hydrogen-bond donors (Lipinski definition) is 0. The standard InChI is InChI=1S/C42H46O10/c1-30(43)23-24-37(45)51-40-39(48-27-34-19-11-5-12-20-34)38(52-42(50-31(2)44)41(40)49-28-35-21-13-6-14-22-35)36(47-26-33-17-9-4-10-18-33)29-46-25-32-15-7-3-8-16-32/h3-22,36,38-42H,23-29H2,1-2H3/t36-,38+,39+,40-,41-,42-/m0/s1. The molecule has 274 valence electrons. The lowest BCUT2D eigenvalue weighted by Crippen LogP contribution is -2.64. The van der Waals surface area contributed by atoms with Crippen LogP contribution >= 0.6 is 0 Å². The van der Waals surface area contributed by atoms with Gasteiger partial charge in [-0.2, -0.15) is 0 Å². The van der Waals surface area contributed by atoms with Gasteiger partial charge in [0, 0.05) is 13.3 Å². The minimum atomic E-state index is -1.31. The zero-order valence-corrected chi connectivity index (χ0v) is 29.5. The van der Waals surface area contributed by atoms with E-state index in [1.54, 1.807) is 0 Å². The molecule has 0 radical (unpaired) electrons. The topological polar surface area (TPSA) is 116 Å². The maximum Gasteiger partial charge on any atom is 0.306 e. The van der Waals surface area contributed by atoms with Crippen LogP contribution in [0.25, 0.3) is 0 Å². The van der Waals surface area contributed by atoms with Crippen LogP contribution in [0.2, 0.25) is 0 Å². The van der Waals surface area contributed by atoms with Gasteiger partial charge in [-0.3, -0.25) is 9.59 Å². The van der Waals surface area contributed by atoms with Gasteiger partial charge in [-0.15, -0.1) is 0 Å². The van der Waals surface area contributed by atoms with Gasteiger partial charge in [-0.1, -0.05) is 121 Å². The van der Waals surface area contributed by atoms with Crippen molar-refractivity contribution in [1.29, 1.82) is 0 Å². The predicted octanol–water partition coefficient (Wildman–Crippen LogP) is 6.53. The highest BCUT2D eigenvalue weighted by molar-refractivity contribution is 5.81. The van der Waals surface area contributed by atoms with Gasteiger partial charge < -0.3 is 38.0 Å². The van der Waals surface area contributed by atoms with Crippen LogP contribution in [-0.4, -0.2) is 61.1 Å². The molecule has 4 aromatic rings. The normalized spacial score (nSPS) is 20.5. The van der Waals surface area contributed by atoms with Crippen LogP contribution in [0, 0.1) is 0 Å². The van der Waals surface area contributed by atoms with Crippen molar-refractivity contribution in [3.8, 4) is 0 Å². The van der Waals surface area contributed by atoms with Crippen molar-refractivity contribution in [3.63, 3.8) is 0 Å². The first-order valence-electron chi connectivity index (χ1n) is 17.5. The molecule has 0 saturated carbocycles. The minimum Gasteiger partial charge on any atom is -0.456 e. The average Bonchev–Trinajstić information content (AvgIpc) is 3.16. The molecule has 0 aromatic heterocycles. The maximum absolute atomic E-state index is 13.4. The Morgan fingerprint density at radius 3 is 1.56 bits per heavy atom. The third-order valence-corrected chi connectivity index (χ3v) is 8.40. The van der Waals surface area contributed by atoms with E-state index >= 15 is 0 Å². The molecule has 0 aliphatic carbocycles. The number of carbonyl (C=O) groups excluding carboxylic acids is 3. The van der Waals surface area contributed by atoms with E-state index in [4.69, 9.17) is 33.2 Å². The third kappa shape index (κ3) is 12.2. The van der Waals surface area contributed by atoms with E-state index in [-0.39, 0.29) is 45.1 Å². The number of rotatable bonds is 19. The van der Waals surface area contributed by atoms with Gasteiger partial charge in [0.1, 0.15) is 24.1 Å². The van der Waals surface area contributed by atoms with Crippen LogP contribution in [-0.2, 0) is 74.0 Å². The summed E-state index contributed by atoms with van der Waals surface area (Å²) in [7, 11) is 0. The Hall–Kier alpha value is -4.71. The Morgan fingerprint density at radius 2 is 1.06 bits per heavy atom. The summed E-state index contributed by atoms with van der Waals surface area (Å²) >= 11 is 0. The second-order valence-corrected chi connectivity index (χ2v) is 12.6. The molecule has 5 rings (SSSR count). The number of benzene rings is 4. The summed E-state index contributed by atoms with van der Waals surface area (Å²) in [6.45, 7) is 3.48. The van der Waals surface area contributed by atoms with Crippen LogP contribution in [0.1, 0.15) is 48.9 Å². The van der Waals surface area contributed by atoms with Crippen molar-refractivity contribution < 1.29 is 47.5 Å². The Labute approximate surface area is 304 Å². The lowest BCUT2D eigenvalue weighted by molar-refractivity contribution is -0.325. The van der Waals surface area contributed by atoms with Gasteiger partial charge in [-0.25, -0.2) is 0 Å². The van der Waals surface area contributed by atoms with Crippen molar-refractivity contribution in [2.75, 3.05) is 6.61 Å². The molecular weight excluding hydrogens is 664 g/mol. The van der Waals surface area contributed by atoms with Gasteiger partial charge in [0.2, 0.25) is 6.29 Å². The second-order valence-electron chi connectivity index (χ2n) is 12.6. The molecule has 6 atom stereocenters. The molecule has 10 heteroatoms. The molecule has 1 aliphatic heterocycles. The molecule has 52 heavy (non-hydrogen) atoms. The van der Waals surface area contributed by atoms with E-state index in [1.165, 1.54) is 13.8 Å². The van der Waals surface area contributed by atoms with Crippen LogP contribution in [0.3, 0.4) is 0 Å². The molecule has 1 fully saturated rings. The van der Waals surface area contributed by atoms with E-state index in [0.29, 0.717) is 6.61 Å². The fourth-order valence-electron chi connectivity index (χ4n) is 5.80. The van der Waals surface area contributed by atoms with E-state index < -0.39 is 48.7 Å². The Morgan fingerprint density at radius 1 is 0.577 bits per heavy atom. The Bertz CT molecular complexity index is 1650. The van der Waals surface area contributed by atoms with Crippen molar-refractivity contribution in [2.24, 2.45) is 0 Å². The average molecular weight is 711 g/mol. The lowest BCUT2D eigenvalue weighted by Gasteiger charge is -2.47. The summed E-state index contributed by atoms with van der Waals surface area (Å²) in [5.74, 6) is -1.41. The van der Waals surface area contributed by atoms with E-state index in [1.807, 2.05) is 121 Å². The summed E-state index contributed by atoms with van der Waals surface area (Å²) in [6, 6.07) is 38.4. The highest BCUT2D eigenvalue weighted by atomic mass is 16.7. The number of hydrogen-bond acceptors (Lipinski definition) is 10. The number of ether oxygens (including phenoxy) is 7. The van der Waals surface area contributed by atoms with Gasteiger partial charge in [0.15, 0.2) is 12.2 Å². The van der Waals surface area contributed by atoms with Gasteiger partial charge in [0.05, 0.1) is 39.5 Å². The predicted molar refractivity (Wildman–Crippen MR) is 191 cm³/mol. The quantitative estimate of drug-likeness (QED) is 0.0996. The molecule has 1 heterocycles. The summed E-state index contributed by atoms with van der Waals surface area (Å²) in [5, 5.41) is 0. The zero-order valence-electron chi connectivity index (χ0n) is 29.5. The molecule has 0 bridgehead atoms. The molecule has 1 aliphatic rings. The van der Waals surface area contributed by atoms with Crippen LogP contribution in [0.15, 0.2) is 121 Å². The summed E-state index contributed by atoms with van der Waals surface area (Å²) in [5.41, 5.74) is 3.60. The van der Waals surface area contributed by atoms with E-state index in [2.05, 4.69) is 0 Å². The van der Waals surface area contributed by atoms with Gasteiger partial charge in [-0.05, 0) is 29.2 Å². The second kappa shape index (κ2) is 20.4. The van der Waals surface area contributed by atoms with Gasteiger partial charge >= 0.3 is 11.9 Å². The van der Waals surface area contributed by atoms with Crippen molar-refractivity contribution >= 4 is 17.7 Å². The van der Waals surface area contributed by atoms with Crippen LogP contribution in [0.5, 0.6) is 0 Å². The van der Waals surface area contributed by atoms with Crippen LogP contribution in [0.4, 0.5) is 0 Å². The molecule has 0 spiro atoms. The first-order valence-corrected chi connectivity index (χ1v) is 17.5. The number of ketones is 1. The summed E-state index contributed by atoms with van der Waals surface area (Å²) in [4.78, 5) is 37.8. The fraction of sp³-hybridized carbons (Fsp3) is 0.357. The highest BCUT2D eigenvalue weighted by Crippen LogP contribution is 2.34. The Kier molecular flexibility index (Phi) is 15.1. The smallest absolute Gasteiger partial charge is 0.306 e. The number of carbonyl (C=O) groups is 3. The van der Waals surface area contributed by atoms with E-state index in [9.17, 15) is 14.4 Å². The zero-order chi connectivity index (χ0) is 36.5. The maximum atomic E-state index is 13.4. The molecule has 10 nitrogen and oxygen atoms in total. The van der Waals surface area contributed by atoms with E-state index in [0.717, 1.165) is 22.3 Å². The number of Topliss-reactive ketones (excluding diaryl/α,β-unsaturated/α-hetero) is 1. The molecule has 4 aromatic carbocycles. The molecule has 0 N–H and O–H groups in total. The first kappa shape index (κ1) is 38.5. The molecule has 1 saturated heterocycles. The molecule has 0 amide bonds. The first-order chi connectivity index (χ1) is 25.4. The van der Waals surface area contributed by atoms with Crippen molar-refractivity contribution in [2.45, 2.75) is 89.9 Å². The lowest BCUT2D eigenvalue weighted by atomic mass is 9.94. The van der Waals surface area contributed by atoms with Gasteiger partial charge in [0.25, 0.3) is 0 Å². The highest BCUT2D eigenvalue weighted by Gasteiger charge is 2.53. The molecular formula is C42H46O10.